The number of carbonyl (C=O) groups is 1. The summed E-state index contributed by atoms with van der Waals surface area (Å²) in [5.74, 6) is -0.481. The van der Waals surface area contributed by atoms with Crippen LogP contribution in [-0.2, 0) is 6.54 Å². The molecule has 0 atom stereocenters. The van der Waals surface area contributed by atoms with Crippen LogP contribution in [0.2, 0.25) is 0 Å². The van der Waals surface area contributed by atoms with Crippen molar-refractivity contribution in [1.82, 2.24) is 15.3 Å². The van der Waals surface area contributed by atoms with Crippen molar-refractivity contribution in [3.05, 3.63) is 53.9 Å². The predicted octanol–water partition coefficient (Wildman–Crippen LogP) is 2.05. The second-order valence-corrected chi connectivity index (χ2v) is 4.90. The van der Waals surface area contributed by atoms with Gasteiger partial charge < -0.3 is 16.0 Å². The maximum absolute atomic E-state index is 11.2. The molecule has 0 bridgehead atoms. The van der Waals surface area contributed by atoms with Crippen molar-refractivity contribution in [2.45, 2.75) is 6.54 Å². The van der Waals surface area contributed by atoms with Gasteiger partial charge in [0.25, 0.3) is 5.91 Å². The van der Waals surface area contributed by atoms with E-state index in [-0.39, 0.29) is 0 Å². The number of amides is 1. The second-order valence-electron chi connectivity index (χ2n) is 4.90. The fourth-order valence-corrected chi connectivity index (χ4v) is 2.44. The molecule has 5 heteroatoms. The molecule has 0 aliphatic rings. The molecular weight excluding hydrogens is 264 g/mol. The minimum atomic E-state index is -0.481. The number of fused-ring (bicyclic) bond motifs is 1. The average Bonchev–Trinajstić information content (AvgIpc) is 2.91. The van der Waals surface area contributed by atoms with Crippen molar-refractivity contribution in [1.29, 1.82) is 0 Å². The van der Waals surface area contributed by atoms with Crippen LogP contribution in [0.3, 0.4) is 0 Å². The molecule has 0 saturated carbocycles. The fraction of sp³-hybridized carbons (Fsp3) is 0.125. The van der Waals surface area contributed by atoms with Gasteiger partial charge in [-0.05, 0) is 30.3 Å². The highest BCUT2D eigenvalue weighted by molar-refractivity contribution is 5.96. The summed E-state index contributed by atoms with van der Waals surface area (Å²) in [7, 11) is 1.92. The predicted molar refractivity (Wildman–Crippen MR) is 82.8 cm³/mol. The van der Waals surface area contributed by atoms with E-state index in [9.17, 15) is 4.79 Å². The molecule has 0 aliphatic carbocycles. The van der Waals surface area contributed by atoms with Crippen molar-refractivity contribution < 1.29 is 4.79 Å². The molecule has 3 aromatic rings. The summed E-state index contributed by atoms with van der Waals surface area (Å²) in [5.41, 5.74) is 9.67. The normalized spacial score (nSPS) is 10.9. The SMILES string of the molecule is CNCc1ccccc1-c1cnc2[nH]c(C(N)=O)cc2c1. The summed E-state index contributed by atoms with van der Waals surface area (Å²) in [6.07, 6.45) is 1.80. The van der Waals surface area contributed by atoms with Gasteiger partial charge in [0.1, 0.15) is 11.3 Å². The fourth-order valence-electron chi connectivity index (χ4n) is 2.44. The number of nitrogens with one attached hydrogen (secondary N) is 2. The van der Waals surface area contributed by atoms with Crippen molar-refractivity contribution in [3.63, 3.8) is 0 Å². The van der Waals surface area contributed by atoms with Crippen LogP contribution >= 0.6 is 0 Å². The van der Waals surface area contributed by atoms with E-state index < -0.39 is 5.91 Å². The number of H-pyrrole nitrogens is 1. The summed E-state index contributed by atoms with van der Waals surface area (Å²) in [5, 5.41) is 4.04. The zero-order valence-corrected chi connectivity index (χ0v) is 11.7. The minimum Gasteiger partial charge on any atom is -0.364 e. The van der Waals surface area contributed by atoms with Gasteiger partial charge in [0, 0.05) is 23.7 Å². The zero-order valence-electron chi connectivity index (χ0n) is 11.7. The Balaban J connectivity index is 2.10. The number of aromatic amines is 1. The Bertz CT molecular complexity index is 807. The third kappa shape index (κ3) is 2.51. The van der Waals surface area contributed by atoms with Gasteiger partial charge in [-0.3, -0.25) is 4.79 Å². The Kier molecular flexibility index (Phi) is 3.41. The topological polar surface area (TPSA) is 83.8 Å². The molecule has 0 aliphatic heterocycles. The van der Waals surface area contributed by atoms with E-state index in [0.717, 1.165) is 23.1 Å². The van der Waals surface area contributed by atoms with Gasteiger partial charge in [0.05, 0.1) is 0 Å². The third-order valence-electron chi connectivity index (χ3n) is 3.43. The first-order valence-corrected chi connectivity index (χ1v) is 6.70. The molecule has 2 aromatic heterocycles. The Hall–Kier alpha value is -2.66. The van der Waals surface area contributed by atoms with Crippen LogP contribution in [-0.4, -0.2) is 22.9 Å². The largest absolute Gasteiger partial charge is 0.364 e. The van der Waals surface area contributed by atoms with Gasteiger partial charge in [0.2, 0.25) is 0 Å². The highest BCUT2D eigenvalue weighted by Gasteiger charge is 2.09. The number of rotatable bonds is 4. The van der Waals surface area contributed by atoms with Crippen LogP contribution in [0.4, 0.5) is 0 Å². The quantitative estimate of drug-likeness (QED) is 0.684. The Labute approximate surface area is 122 Å². The number of hydrogen-bond acceptors (Lipinski definition) is 3. The Morgan fingerprint density at radius 2 is 2.14 bits per heavy atom. The molecule has 1 aromatic carbocycles. The molecule has 5 nitrogen and oxygen atoms in total. The molecular formula is C16H16N4O. The number of benzene rings is 1. The monoisotopic (exact) mass is 280 g/mol. The summed E-state index contributed by atoms with van der Waals surface area (Å²) in [6, 6.07) is 11.9. The summed E-state index contributed by atoms with van der Waals surface area (Å²) in [4.78, 5) is 18.5. The number of nitrogens with zero attached hydrogens (tertiary/aromatic N) is 1. The van der Waals surface area contributed by atoms with Gasteiger partial charge in [-0.25, -0.2) is 4.98 Å². The van der Waals surface area contributed by atoms with Gasteiger partial charge in [-0.15, -0.1) is 0 Å². The lowest BCUT2D eigenvalue weighted by Crippen LogP contribution is -2.10. The van der Waals surface area contributed by atoms with E-state index in [1.54, 1.807) is 12.3 Å². The Morgan fingerprint density at radius 3 is 2.90 bits per heavy atom. The first kappa shape index (κ1) is 13.3. The van der Waals surface area contributed by atoms with Crippen LogP contribution < -0.4 is 11.1 Å². The van der Waals surface area contributed by atoms with E-state index in [4.69, 9.17) is 5.73 Å². The van der Waals surface area contributed by atoms with Crippen LogP contribution in [0.5, 0.6) is 0 Å². The van der Waals surface area contributed by atoms with Crippen LogP contribution in [0.15, 0.2) is 42.6 Å². The number of nitrogens with two attached hydrogens (primary N) is 1. The number of primary amides is 1. The molecule has 106 valence electrons. The summed E-state index contributed by atoms with van der Waals surface area (Å²) >= 11 is 0. The first-order chi connectivity index (χ1) is 10.2. The third-order valence-corrected chi connectivity index (χ3v) is 3.43. The second kappa shape index (κ2) is 5.38. The van der Waals surface area contributed by atoms with Crippen molar-refractivity contribution in [2.75, 3.05) is 7.05 Å². The number of carbonyl (C=O) groups excluding carboxylic acids is 1. The highest BCUT2D eigenvalue weighted by atomic mass is 16.1. The smallest absolute Gasteiger partial charge is 0.265 e. The highest BCUT2D eigenvalue weighted by Crippen LogP contribution is 2.26. The van der Waals surface area contributed by atoms with Crippen LogP contribution in [0.25, 0.3) is 22.2 Å². The molecule has 0 radical (unpaired) electrons. The number of pyridine rings is 1. The van der Waals surface area contributed by atoms with Gasteiger partial charge >= 0.3 is 0 Å². The maximum atomic E-state index is 11.2. The van der Waals surface area contributed by atoms with E-state index in [2.05, 4.69) is 27.4 Å². The Morgan fingerprint density at radius 1 is 1.33 bits per heavy atom. The first-order valence-electron chi connectivity index (χ1n) is 6.70. The molecule has 2 heterocycles. The van der Waals surface area contributed by atoms with E-state index in [1.807, 2.05) is 25.2 Å². The molecule has 0 fully saturated rings. The summed E-state index contributed by atoms with van der Waals surface area (Å²) in [6.45, 7) is 0.786. The standard InChI is InChI=1S/C16H16N4O/c1-18-8-10-4-2-3-5-13(10)12-6-11-7-14(15(17)21)20-16(11)19-9-12/h2-7,9,18H,8H2,1H3,(H2,17,21)(H,19,20). The number of hydrogen-bond donors (Lipinski definition) is 3. The molecule has 0 unspecified atom stereocenters. The minimum absolute atomic E-state index is 0.373. The molecule has 0 saturated heterocycles. The molecule has 3 rings (SSSR count). The van der Waals surface area contributed by atoms with E-state index in [0.29, 0.717) is 11.3 Å². The lowest BCUT2D eigenvalue weighted by molar-refractivity contribution is 0.0996. The zero-order chi connectivity index (χ0) is 14.8. The van der Waals surface area contributed by atoms with Gasteiger partial charge in [-0.1, -0.05) is 24.3 Å². The lowest BCUT2D eigenvalue weighted by Gasteiger charge is -2.09. The van der Waals surface area contributed by atoms with Gasteiger partial charge in [0.15, 0.2) is 0 Å². The summed E-state index contributed by atoms with van der Waals surface area (Å²) < 4.78 is 0. The molecule has 0 spiro atoms. The van der Waals surface area contributed by atoms with Gasteiger partial charge in [-0.2, -0.15) is 0 Å². The lowest BCUT2D eigenvalue weighted by atomic mass is 10.0. The van der Waals surface area contributed by atoms with Crippen molar-refractivity contribution >= 4 is 16.9 Å². The maximum Gasteiger partial charge on any atom is 0.265 e. The van der Waals surface area contributed by atoms with Crippen LogP contribution in [0.1, 0.15) is 16.1 Å². The van der Waals surface area contributed by atoms with E-state index >= 15 is 0 Å². The van der Waals surface area contributed by atoms with E-state index in [1.165, 1.54) is 5.56 Å². The van der Waals surface area contributed by atoms with Crippen LogP contribution in [0, 0.1) is 0 Å². The van der Waals surface area contributed by atoms with Crippen molar-refractivity contribution in [3.8, 4) is 11.1 Å². The average molecular weight is 280 g/mol. The van der Waals surface area contributed by atoms with Crippen molar-refractivity contribution in [2.24, 2.45) is 5.73 Å². The molecule has 21 heavy (non-hydrogen) atoms. The molecule has 4 N–H and O–H groups in total. The molecule has 1 amide bonds. The number of aromatic nitrogens is 2.